The molecule has 0 radical (unpaired) electrons. The van der Waals surface area contributed by atoms with Crippen LogP contribution in [-0.4, -0.2) is 18.2 Å². The van der Waals surface area contributed by atoms with Crippen molar-refractivity contribution in [2.75, 3.05) is 22.9 Å². The zero-order valence-electron chi connectivity index (χ0n) is 11.1. The molecule has 0 aromatic heterocycles. The minimum absolute atomic E-state index is 0.277. The number of hydrogen-bond acceptors (Lipinski definition) is 3. The smallest absolute Gasteiger partial charge is 0.227 e. The maximum atomic E-state index is 12.5. The van der Waals surface area contributed by atoms with E-state index in [4.69, 9.17) is 5.73 Å². The maximum Gasteiger partial charge on any atom is 0.227 e. The van der Waals surface area contributed by atoms with Crippen LogP contribution >= 0.6 is 11.8 Å². The number of amides is 1. The van der Waals surface area contributed by atoms with Crippen LogP contribution in [0.1, 0.15) is 32.1 Å². The Bertz CT molecular complexity index is 483. The fraction of sp³-hybridized carbons (Fsp3) is 0.533. The second-order valence-corrected chi connectivity index (χ2v) is 6.61. The summed E-state index contributed by atoms with van der Waals surface area (Å²) in [7, 11) is 0. The Labute approximate surface area is 118 Å². The molecule has 0 spiro atoms. The molecule has 3 nitrogen and oxygen atoms in total. The molecule has 102 valence electrons. The Morgan fingerprint density at radius 1 is 1.37 bits per heavy atom. The molecule has 0 bridgehead atoms. The number of fused-ring (bicyclic) bond motifs is 1. The zero-order valence-corrected chi connectivity index (χ0v) is 11.9. The van der Waals surface area contributed by atoms with E-state index in [0.29, 0.717) is 12.3 Å². The van der Waals surface area contributed by atoms with E-state index in [1.165, 1.54) is 30.6 Å². The fourth-order valence-corrected chi connectivity index (χ4v) is 4.04. The molecular weight excluding hydrogens is 256 g/mol. The van der Waals surface area contributed by atoms with E-state index in [1.54, 1.807) is 0 Å². The van der Waals surface area contributed by atoms with Crippen molar-refractivity contribution in [2.24, 2.45) is 5.92 Å². The summed E-state index contributed by atoms with van der Waals surface area (Å²) < 4.78 is 0. The van der Waals surface area contributed by atoms with Gasteiger partial charge in [0.05, 0.1) is 5.69 Å². The molecule has 1 aliphatic heterocycles. The average Bonchev–Trinajstić information content (AvgIpc) is 2.90. The van der Waals surface area contributed by atoms with Crippen LogP contribution in [0.3, 0.4) is 0 Å². The summed E-state index contributed by atoms with van der Waals surface area (Å²) in [5, 5.41) is 0. The summed E-state index contributed by atoms with van der Waals surface area (Å²) in [5.74, 6) is 1.86. The third-order valence-corrected chi connectivity index (χ3v) is 5.13. The summed E-state index contributed by atoms with van der Waals surface area (Å²) in [5.41, 5.74) is 7.61. The molecule has 1 saturated carbocycles. The van der Waals surface area contributed by atoms with E-state index < -0.39 is 0 Å². The fourth-order valence-electron chi connectivity index (χ4n) is 3.07. The van der Waals surface area contributed by atoms with E-state index in [-0.39, 0.29) is 5.91 Å². The summed E-state index contributed by atoms with van der Waals surface area (Å²) in [6.45, 7) is 0.812. The van der Waals surface area contributed by atoms with Gasteiger partial charge in [-0.2, -0.15) is 0 Å². The van der Waals surface area contributed by atoms with Crippen molar-refractivity contribution < 1.29 is 4.79 Å². The van der Waals surface area contributed by atoms with Crippen molar-refractivity contribution in [1.82, 2.24) is 0 Å². The quantitative estimate of drug-likeness (QED) is 0.843. The van der Waals surface area contributed by atoms with Gasteiger partial charge in [0.15, 0.2) is 0 Å². The zero-order chi connectivity index (χ0) is 13.2. The van der Waals surface area contributed by atoms with Gasteiger partial charge in [-0.1, -0.05) is 12.8 Å². The molecule has 1 aliphatic carbocycles. The maximum absolute atomic E-state index is 12.5. The average molecular weight is 276 g/mol. The van der Waals surface area contributed by atoms with Crippen molar-refractivity contribution >= 4 is 29.0 Å². The number of benzene rings is 1. The van der Waals surface area contributed by atoms with Gasteiger partial charge in [-0.05, 0) is 37.0 Å². The van der Waals surface area contributed by atoms with Crippen molar-refractivity contribution in [3.05, 3.63) is 18.2 Å². The lowest BCUT2D eigenvalue weighted by atomic mass is 10.0. The first-order valence-electron chi connectivity index (χ1n) is 7.07. The van der Waals surface area contributed by atoms with E-state index in [0.717, 1.165) is 23.7 Å². The molecule has 0 atom stereocenters. The number of nitrogens with zero attached hydrogens (tertiary/aromatic N) is 1. The molecule has 19 heavy (non-hydrogen) atoms. The van der Waals surface area contributed by atoms with Crippen LogP contribution in [0.4, 0.5) is 11.4 Å². The number of thioether (sulfide) groups is 1. The Hall–Kier alpha value is -1.16. The summed E-state index contributed by atoms with van der Waals surface area (Å²) >= 11 is 1.81. The lowest BCUT2D eigenvalue weighted by Gasteiger charge is -2.30. The van der Waals surface area contributed by atoms with Gasteiger partial charge in [-0.25, -0.2) is 0 Å². The number of carbonyl (C=O) groups excluding carboxylic acids is 1. The Kier molecular flexibility index (Phi) is 3.69. The largest absolute Gasteiger partial charge is 0.399 e. The Morgan fingerprint density at radius 2 is 2.16 bits per heavy atom. The SMILES string of the molecule is Nc1ccc2c(c1)N(C(=O)CC1CCCC1)CCS2. The molecule has 0 unspecified atom stereocenters. The van der Waals surface area contributed by atoms with Gasteiger partial charge >= 0.3 is 0 Å². The molecule has 1 heterocycles. The van der Waals surface area contributed by atoms with Gasteiger partial charge in [0.25, 0.3) is 0 Å². The number of nitrogen functional groups attached to an aromatic ring is 1. The van der Waals surface area contributed by atoms with Crippen molar-refractivity contribution in [1.29, 1.82) is 0 Å². The normalized spacial score (nSPS) is 19.5. The summed E-state index contributed by atoms with van der Waals surface area (Å²) in [4.78, 5) is 15.6. The van der Waals surface area contributed by atoms with Crippen LogP contribution in [0.25, 0.3) is 0 Å². The lowest BCUT2D eigenvalue weighted by Crippen LogP contribution is -2.36. The monoisotopic (exact) mass is 276 g/mol. The van der Waals surface area contributed by atoms with Gasteiger partial charge in [0.2, 0.25) is 5.91 Å². The highest BCUT2D eigenvalue weighted by Crippen LogP contribution is 2.37. The Morgan fingerprint density at radius 3 is 2.95 bits per heavy atom. The molecule has 4 heteroatoms. The first-order chi connectivity index (χ1) is 9.24. The highest BCUT2D eigenvalue weighted by Gasteiger charge is 2.26. The number of rotatable bonds is 2. The standard InChI is InChI=1S/C15H20N2OS/c16-12-5-6-14-13(10-12)17(7-8-19-14)15(18)9-11-3-1-2-4-11/h5-6,10-11H,1-4,7-9,16H2. The van der Waals surface area contributed by atoms with Crippen LogP contribution in [0.5, 0.6) is 0 Å². The van der Waals surface area contributed by atoms with Crippen LogP contribution in [-0.2, 0) is 4.79 Å². The van der Waals surface area contributed by atoms with Crippen LogP contribution in [0, 0.1) is 5.92 Å². The number of nitrogens with two attached hydrogens (primary N) is 1. The van der Waals surface area contributed by atoms with Gasteiger partial charge in [0.1, 0.15) is 0 Å². The number of hydrogen-bond donors (Lipinski definition) is 1. The second kappa shape index (κ2) is 5.45. The van der Waals surface area contributed by atoms with E-state index in [1.807, 2.05) is 34.9 Å². The molecule has 0 saturated heterocycles. The molecular formula is C15H20N2OS. The number of anilines is 2. The molecule has 3 rings (SSSR count). The minimum Gasteiger partial charge on any atom is -0.399 e. The minimum atomic E-state index is 0.277. The van der Waals surface area contributed by atoms with Crippen molar-refractivity contribution in [3.8, 4) is 0 Å². The van der Waals surface area contributed by atoms with Gasteiger partial charge in [-0.3, -0.25) is 4.79 Å². The second-order valence-electron chi connectivity index (χ2n) is 5.48. The van der Waals surface area contributed by atoms with Gasteiger partial charge in [0, 0.05) is 29.3 Å². The number of carbonyl (C=O) groups is 1. The topological polar surface area (TPSA) is 46.3 Å². The van der Waals surface area contributed by atoms with Gasteiger partial charge in [-0.15, -0.1) is 11.8 Å². The predicted molar refractivity (Wildman–Crippen MR) is 80.5 cm³/mol. The third-order valence-electron chi connectivity index (χ3n) is 4.09. The molecule has 1 fully saturated rings. The summed E-state index contributed by atoms with van der Waals surface area (Å²) in [6, 6.07) is 5.88. The van der Waals surface area contributed by atoms with Crippen molar-refractivity contribution in [3.63, 3.8) is 0 Å². The van der Waals surface area contributed by atoms with Crippen LogP contribution in [0.2, 0.25) is 0 Å². The van der Waals surface area contributed by atoms with E-state index >= 15 is 0 Å². The molecule has 1 amide bonds. The summed E-state index contributed by atoms with van der Waals surface area (Å²) in [6.07, 6.45) is 5.73. The Balaban J connectivity index is 1.78. The van der Waals surface area contributed by atoms with Gasteiger partial charge < -0.3 is 10.6 Å². The first-order valence-corrected chi connectivity index (χ1v) is 8.05. The van der Waals surface area contributed by atoms with Crippen molar-refractivity contribution in [2.45, 2.75) is 37.0 Å². The predicted octanol–water partition coefficient (Wildman–Crippen LogP) is 3.29. The molecule has 1 aromatic carbocycles. The third kappa shape index (κ3) is 2.73. The van der Waals surface area contributed by atoms with E-state index in [2.05, 4.69) is 0 Å². The first kappa shape index (κ1) is 12.9. The molecule has 1 aromatic rings. The lowest BCUT2D eigenvalue weighted by molar-refractivity contribution is -0.119. The van der Waals surface area contributed by atoms with Crippen LogP contribution in [0.15, 0.2) is 23.1 Å². The van der Waals surface area contributed by atoms with Crippen LogP contribution < -0.4 is 10.6 Å². The molecule has 2 aliphatic rings. The highest BCUT2D eigenvalue weighted by molar-refractivity contribution is 7.99. The highest BCUT2D eigenvalue weighted by atomic mass is 32.2. The molecule has 2 N–H and O–H groups in total. The van der Waals surface area contributed by atoms with E-state index in [9.17, 15) is 4.79 Å².